The molecule has 0 aliphatic carbocycles. The first kappa shape index (κ1) is 14.4. The second-order valence-corrected chi connectivity index (χ2v) is 7.12. The number of thiophene rings is 1. The Morgan fingerprint density at radius 3 is 2.57 bits per heavy atom. The second kappa shape index (κ2) is 4.91. The number of Topliss-reactive ketones (excluding diaryl/α,β-unsaturated/α-hetero) is 1. The van der Waals surface area contributed by atoms with Gasteiger partial charge in [0, 0.05) is 20.3 Å². The molecule has 2 aromatic carbocycles. The van der Waals surface area contributed by atoms with Gasteiger partial charge in [-0.1, -0.05) is 46.3 Å². The van der Waals surface area contributed by atoms with Crippen LogP contribution in [0.15, 0.2) is 52.3 Å². The fourth-order valence-electron chi connectivity index (χ4n) is 3.01. The molecule has 2 heterocycles. The highest BCUT2D eigenvalue weighted by atomic mass is 79.9. The lowest BCUT2D eigenvalue weighted by atomic mass is 9.91. The summed E-state index contributed by atoms with van der Waals surface area (Å²) in [5.74, 6) is -1.63. The van der Waals surface area contributed by atoms with Crippen molar-refractivity contribution in [2.75, 3.05) is 5.32 Å². The molecule has 0 saturated heterocycles. The number of hydrogen-bond acceptors (Lipinski definition) is 4. The third kappa shape index (κ3) is 1.82. The molecule has 1 atom stereocenters. The van der Waals surface area contributed by atoms with Gasteiger partial charge in [-0.05, 0) is 22.9 Å². The first-order valence-electron chi connectivity index (χ1n) is 6.87. The van der Waals surface area contributed by atoms with Gasteiger partial charge < -0.3 is 10.4 Å². The number of ketones is 1. The van der Waals surface area contributed by atoms with Crippen LogP contribution in [0.4, 0.5) is 5.69 Å². The van der Waals surface area contributed by atoms with E-state index in [1.165, 1.54) is 11.3 Å². The van der Waals surface area contributed by atoms with Gasteiger partial charge in [-0.25, -0.2) is 4.79 Å². The van der Waals surface area contributed by atoms with Crippen molar-refractivity contribution in [3.05, 3.63) is 62.8 Å². The van der Waals surface area contributed by atoms with E-state index in [1.807, 2.05) is 24.3 Å². The van der Waals surface area contributed by atoms with E-state index in [2.05, 4.69) is 21.2 Å². The maximum Gasteiger partial charge on any atom is 0.343 e. The zero-order valence-corrected chi connectivity index (χ0v) is 14.1. The standard InChI is InChI=1S/C17H10BrNO3S/c18-12-8-11-14(10-5-2-1-4-9(10)12)19-17(15(11)20,16(21)22)13-6-3-7-23-13/h1-8,19H,(H,21,22)/t17-/m1/s1. The minimum absolute atomic E-state index is 0.395. The van der Waals surface area contributed by atoms with E-state index in [4.69, 9.17) is 0 Å². The number of halogens is 1. The summed E-state index contributed by atoms with van der Waals surface area (Å²) in [6.07, 6.45) is 0. The van der Waals surface area contributed by atoms with E-state index < -0.39 is 17.3 Å². The first-order chi connectivity index (χ1) is 11.1. The van der Waals surface area contributed by atoms with Gasteiger partial charge in [-0.3, -0.25) is 4.79 Å². The summed E-state index contributed by atoms with van der Waals surface area (Å²) in [6.45, 7) is 0. The average molecular weight is 388 g/mol. The molecule has 23 heavy (non-hydrogen) atoms. The third-order valence-corrected chi connectivity index (χ3v) is 5.75. The molecule has 6 heteroatoms. The van der Waals surface area contributed by atoms with Crippen molar-refractivity contribution < 1.29 is 14.7 Å². The van der Waals surface area contributed by atoms with E-state index in [-0.39, 0.29) is 0 Å². The summed E-state index contributed by atoms with van der Waals surface area (Å²) < 4.78 is 0.773. The molecule has 0 amide bonds. The van der Waals surface area contributed by atoms with Gasteiger partial charge in [0.15, 0.2) is 0 Å². The number of carbonyl (C=O) groups is 2. The summed E-state index contributed by atoms with van der Waals surface area (Å²) in [7, 11) is 0. The van der Waals surface area contributed by atoms with Crippen molar-refractivity contribution >= 4 is 55.5 Å². The molecule has 2 N–H and O–H groups in total. The Bertz CT molecular complexity index is 967. The number of anilines is 1. The maximum atomic E-state index is 13.0. The predicted molar refractivity (Wildman–Crippen MR) is 93.2 cm³/mol. The number of carboxylic acids is 1. The van der Waals surface area contributed by atoms with E-state index in [0.717, 1.165) is 15.2 Å². The van der Waals surface area contributed by atoms with Crippen LogP contribution in [0, 0.1) is 0 Å². The van der Waals surface area contributed by atoms with Crippen LogP contribution in [0.5, 0.6) is 0 Å². The van der Waals surface area contributed by atoms with Crippen LogP contribution in [-0.4, -0.2) is 16.9 Å². The van der Waals surface area contributed by atoms with E-state index >= 15 is 0 Å². The zero-order valence-electron chi connectivity index (χ0n) is 11.7. The normalized spacial score (nSPS) is 19.6. The Balaban J connectivity index is 2.04. The monoisotopic (exact) mass is 387 g/mol. The number of rotatable bonds is 2. The van der Waals surface area contributed by atoms with E-state index in [0.29, 0.717) is 16.1 Å². The molecule has 0 radical (unpaired) electrons. The minimum Gasteiger partial charge on any atom is -0.479 e. The number of carboxylic acid groups (broad SMARTS) is 1. The highest BCUT2D eigenvalue weighted by Crippen LogP contribution is 2.46. The van der Waals surface area contributed by atoms with Gasteiger partial charge in [-0.2, -0.15) is 0 Å². The molecule has 1 aliphatic heterocycles. The first-order valence-corrected chi connectivity index (χ1v) is 8.54. The topological polar surface area (TPSA) is 66.4 Å². The van der Waals surface area contributed by atoms with Crippen molar-refractivity contribution in [2.45, 2.75) is 5.54 Å². The van der Waals surface area contributed by atoms with Crippen molar-refractivity contribution in [3.63, 3.8) is 0 Å². The minimum atomic E-state index is -1.75. The Kier molecular flexibility index (Phi) is 3.08. The lowest BCUT2D eigenvalue weighted by molar-refractivity contribution is -0.140. The Morgan fingerprint density at radius 1 is 1.17 bits per heavy atom. The average Bonchev–Trinajstić information content (AvgIpc) is 3.16. The number of nitrogens with one attached hydrogen (secondary N) is 1. The number of benzene rings is 2. The van der Waals surface area contributed by atoms with Crippen molar-refractivity contribution in [2.24, 2.45) is 0 Å². The molecule has 0 unspecified atom stereocenters. The molecule has 0 fully saturated rings. The summed E-state index contributed by atoms with van der Waals surface area (Å²) in [4.78, 5) is 25.5. The van der Waals surface area contributed by atoms with Crippen molar-refractivity contribution in [1.82, 2.24) is 0 Å². The fourth-order valence-corrected chi connectivity index (χ4v) is 4.46. The van der Waals surface area contributed by atoms with Gasteiger partial charge in [0.2, 0.25) is 11.3 Å². The predicted octanol–water partition coefficient (Wildman–Crippen LogP) is 4.25. The second-order valence-electron chi connectivity index (χ2n) is 5.31. The van der Waals surface area contributed by atoms with Crippen LogP contribution in [0.25, 0.3) is 10.8 Å². The smallest absolute Gasteiger partial charge is 0.343 e. The third-order valence-electron chi connectivity index (χ3n) is 4.10. The molecule has 3 aromatic rings. The Labute approximate surface area is 143 Å². The van der Waals surface area contributed by atoms with Gasteiger partial charge in [0.05, 0.1) is 5.69 Å². The molecular formula is C17H10BrNO3S. The van der Waals surface area contributed by atoms with Crippen LogP contribution in [0.2, 0.25) is 0 Å². The summed E-state index contributed by atoms with van der Waals surface area (Å²) in [6, 6.07) is 12.7. The van der Waals surface area contributed by atoms with Crippen LogP contribution in [-0.2, 0) is 10.3 Å². The summed E-state index contributed by atoms with van der Waals surface area (Å²) in [5.41, 5.74) is -0.781. The molecule has 1 aromatic heterocycles. The Morgan fingerprint density at radius 2 is 1.91 bits per heavy atom. The van der Waals surface area contributed by atoms with Gasteiger partial charge in [0.1, 0.15) is 0 Å². The van der Waals surface area contributed by atoms with E-state index in [9.17, 15) is 14.7 Å². The molecule has 1 aliphatic rings. The zero-order chi connectivity index (χ0) is 16.2. The molecule has 4 rings (SSSR count). The lowest BCUT2D eigenvalue weighted by Gasteiger charge is -2.22. The van der Waals surface area contributed by atoms with Gasteiger partial charge >= 0.3 is 5.97 Å². The van der Waals surface area contributed by atoms with Crippen molar-refractivity contribution in [3.8, 4) is 0 Å². The SMILES string of the molecule is O=C(O)[C@]1(c2cccs2)Nc2c(cc(Br)c3ccccc23)C1=O. The molecule has 4 nitrogen and oxygen atoms in total. The molecule has 0 saturated carbocycles. The molecule has 0 spiro atoms. The maximum absolute atomic E-state index is 13.0. The van der Waals surface area contributed by atoms with Crippen LogP contribution < -0.4 is 5.32 Å². The Hall–Kier alpha value is -2.18. The fraction of sp³-hybridized carbons (Fsp3) is 0.0588. The van der Waals surface area contributed by atoms with Crippen LogP contribution in [0.1, 0.15) is 15.2 Å². The lowest BCUT2D eigenvalue weighted by Crippen LogP contribution is -2.45. The number of fused-ring (bicyclic) bond motifs is 3. The van der Waals surface area contributed by atoms with E-state index in [1.54, 1.807) is 23.6 Å². The summed E-state index contributed by atoms with van der Waals surface area (Å²) in [5, 5.41) is 16.4. The van der Waals surface area contributed by atoms with Crippen molar-refractivity contribution in [1.29, 1.82) is 0 Å². The quantitative estimate of drug-likeness (QED) is 0.644. The molecule has 114 valence electrons. The largest absolute Gasteiger partial charge is 0.479 e. The van der Waals surface area contributed by atoms with Gasteiger partial charge in [-0.15, -0.1) is 11.3 Å². The number of aliphatic carboxylic acids is 1. The van der Waals surface area contributed by atoms with Crippen LogP contribution in [0.3, 0.4) is 0 Å². The highest BCUT2D eigenvalue weighted by Gasteiger charge is 2.54. The van der Waals surface area contributed by atoms with Crippen LogP contribution >= 0.6 is 27.3 Å². The summed E-state index contributed by atoms with van der Waals surface area (Å²) >= 11 is 4.73. The molecular weight excluding hydrogens is 378 g/mol. The molecule has 0 bridgehead atoms. The number of hydrogen-bond donors (Lipinski definition) is 2. The van der Waals surface area contributed by atoms with Gasteiger partial charge in [0.25, 0.3) is 0 Å². The highest BCUT2D eigenvalue weighted by molar-refractivity contribution is 9.10. The number of carbonyl (C=O) groups excluding carboxylic acids is 1.